The number of piperidine rings is 1. The highest BCUT2D eigenvalue weighted by molar-refractivity contribution is 5.71. The fourth-order valence-corrected chi connectivity index (χ4v) is 4.20. The maximum absolute atomic E-state index is 12.6. The highest BCUT2D eigenvalue weighted by Gasteiger charge is 2.62. The lowest BCUT2D eigenvalue weighted by Gasteiger charge is -2.65. The van der Waals surface area contributed by atoms with Crippen molar-refractivity contribution in [2.45, 2.75) is 83.6 Å². The molecule has 0 N–H and O–H groups in total. The molecule has 4 heteroatoms. The second-order valence-electron chi connectivity index (χ2n) is 7.49. The largest absolute Gasteiger partial charge is 0.444 e. The van der Waals surface area contributed by atoms with Gasteiger partial charge in [-0.15, -0.1) is 0 Å². The summed E-state index contributed by atoms with van der Waals surface area (Å²) in [5.74, 6) is 0.650. The van der Waals surface area contributed by atoms with Crippen LogP contribution in [0.5, 0.6) is 0 Å². The van der Waals surface area contributed by atoms with Crippen molar-refractivity contribution in [2.24, 2.45) is 5.92 Å². The van der Waals surface area contributed by atoms with Crippen molar-refractivity contribution in [3.8, 4) is 0 Å². The molecule has 4 unspecified atom stereocenters. The summed E-state index contributed by atoms with van der Waals surface area (Å²) in [6.45, 7) is 10.2. The zero-order chi connectivity index (χ0) is 15.1. The average molecular weight is 283 g/mol. The Morgan fingerprint density at radius 2 is 2.05 bits per heavy atom. The van der Waals surface area contributed by atoms with Gasteiger partial charge in [-0.1, -0.05) is 13.8 Å². The molecule has 0 radical (unpaired) electrons. The lowest BCUT2D eigenvalue weighted by Crippen LogP contribution is -2.76. The molecule has 2 saturated heterocycles. The molecular formula is C16H29NO3. The van der Waals surface area contributed by atoms with E-state index in [1.165, 1.54) is 0 Å². The predicted octanol–water partition coefficient (Wildman–Crippen LogP) is 3.59. The molecule has 0 aromatic rings. The Morgan fingerprint density at radius 3 is 2.55 bits per heavy atom. The van der Waals surface area contributed by atoms with Crippen LogP contribution in [0.15, 0.2) is 0 Å². The van der Waals surface area contributed by atoms with Crippen LogP contribution in [-0.4, -0.2) is 41.4 Å². The molecule has 0 aromatic heterocycles. The number of hydrogen-bond acceptors (Lipinski definition) is 3. The minimum absolute atomic E-state index is 0.106. The number of carbonyl (C=O) groups is 1. The fraction of sp³-hybridized carbons (Fsp3) is 0.938. The second kappa shape index (κ2) is 5.21. The van der Waals surface area contributed by atoms with Crippen LogP contribution in [0, 0.1) is 5.92 Å². The lowest BCUT2D eigenvalue weighted by atomic mass is 9.61. The van der Waals surface area contributed by atoms with E-state index in [1.807, 2.05) is 25.7 Å². The van der Waals surface area contributed by atoms with E-state index in [2.05, 4.69) is 13.8 Å². The van der Waals surface area contributed by atoms with Gasteiger partial charge in [0.15, 0.2) is 0 Å². The highest BCUT2D eigenvalue weighted by Crippen LogP contribution is 2.53. The molecule has 1 saturated carbocycles. The maximum atomic E-state index is 12.6. The first-order valence-corrected chi connectivity index (χ1v) is 7.78. The first-order chi connectivity index (χ1) is 9.23. The molecule has 4 atom stereocenters. The normalized spacial score (nSPS) is 34.4. The molecule has 0 aromatic carbocycles. The predicted molar refractivity (Wildman–Crippen MR) is 78.7 cm³/mol. The number of nitrogens with zero attached hydrogens (tertiary/aromatic N) is 1. The molecule has 3 fully saturated rings. The average Bonchev–Trinajstić information content (AvgIpc) is 2.26. The third-order valence-electron chi connectivity index (χ3n) is 4.66. The molecule has 2 aliphatic heterocycles. The summed E-state index contributed by atoms with van der Waals surface area (Å²) >= 11 is 0. The molecule has 3 rings (SSSR count). The summed E-state index contributed by atoms with van der Waals surface area (Å²) in [5.41, 5.74) is -0.587. The fourth-order valence-electron chi connectivity index (χ4n) is 4.20. The van der Waals surface area contributed by atoms with E-state index < -0.39 is 5.60 Å². The summed E-state index contributed by atoms with van der Waals surface area (Å²) < 4.78 is 11.3. The number of carbonyl (C=O) groups excluding carboxylic acids is 1. The summed E-state index contributed by atoms with van der Waals surface area (Å²) in [7, 11) is 1.75. The van der Waals surface area contributed by atoms with E-state index >= 15 is 0 Å². The summed E-state index contributed by atoms with van der Waals surface area (Å²) in [6, 6.07) is 0.331. The molecule has 3 aliphatic rings. The van der Waals surface area contributed by atoms with Crippen molar-refractivity contribution in [2.75, 3.05) is 7.11 Å². The summed E-state index contributed by atoms with van der Waals surface area (Å²) in [6.07, 6.45) is 4.03. The Morgan fingerprint density at radius 1 is 1.40 bits per heavy atom. The van der Waals surface area contributed by atoms with Gasteiger partial charge in [0.2, 0.25) is 0 Å². The van der Waals surface area contributed by atoms with Crippen molar-refractivity contribution < 1.29 is 14.3 Å². The van der Waals surface area contributed by atoms with Gasteiger partial charge in [0, 0.05) is 13.2 Å². The van der Waals surface area contributed by atoms with E-state index in [-0.39, 0.29) is 17.7 Å². The Labute approximate surface area is 122 Å². The number of ether oxygens (including phenoxy) is 2. The van der Waals surface area contributed by atoms with Crippen LogP contribution >= 0.6 is 0 Å². The van der Waals surface area contributed by atoms with Gasteiger partial charge in [-0.25, -0.2) is 4.79 Å². The molecule has 2 bridgehead atoms. The van der Waals surface area contributed by atoms with Crippen molar-refractivity contribution in [3.63, 3.8) is 0 Å². The van der Waals surface area contributed by atoms with E-state index in [0.717, 1.165) is 25.7 Å². The summed E-state index contributed by atoms with van der Waals surface area (Å²) in [5, 5.41) is 0. The third kappa shape index (κ3) is 2.54. The van der Waals surface area contributed by atoms with Crippen LogP contribution in [0.25, 0.3) is 0 Å². The van der Waals surface area contributed by atoms with Crippen LogP contribution in [0.4, 0.5) is 4.79 Å². The third-order valence-corrected chi connectivity index (χ3v) is 4.66. The smallest absolute Gasteiger partial charge is 0.411 e. The first kappa shape index (κ1) is 15.6. The van der Waals surface area contributed by atoms with Crippen molar-refractivity contribution in [3.05, 3.63) is 0 Å². The number of methoxy groups -OCH3 is 1. The van der Waals surface area contributed by atoms with Gasteiger partial charge in [-0.05, 0) is 52.4 Å². The first-order valence-electron chi connectivity index (χ1n) is 7.78. The van der Waals surface area contributed by atoms with Gasteiger partial charge in [-0.3, -0.25) is 4.90 Å². The Hall–Kier alpha value is -0.770. The van der Waals surface area contributed by atoms with Gasteiger partial charge >= 0.3 is 6.09 Å². The van der Waals surface area contributed by atoms with Gasteiger partial charge in [0.05, 0.1) is 11.6 Å². The molecular weight excluding hydrogens is 254 g/mol. The van der Waals surface area contributed by atoms with Crippen LogP contribution < -0.4 is 0 Å². The SMILES string of the molecule is CCC(OC)C12CC(C)CC(C1)N2C(=O)OC(C)(C)C. The zero-order valence-electron chi connectivity index (χ0n) is 13.7. The van der Waals surface area contributed by atoms with Crippen molar-refractivity contribution in [1.82, 2.24) is 4.90 Å². The Kier molecular flexibility index (Phi) is 4.07. The minimum atomic E-state index is -0.442. The Bertz CT molecular complexity index is 372. The van der Waals surface area contributed by atoms with Crippen molar-refractivity contribution >= 4 is 6.09 Å². The van der Waals surface area contributed by atoms with Gasteiger partial charge in [0.1, 0.15) is 5.60 Å². The monoisotopic (exact) mass is 283 g/mol. The topological polar surface area (TPSA) is 38.8 Å². The molecule has 1 amide bonds. The number of fused-ring (bicyclic) bond motifs is 2. The quantitative estimate of drug-likeness (QED) is 0.794. The van der Waals surface area contributed by atoms with Crippen LogP contribution in [-0.2, 0) is 9.47 Å². The van der Waals surface area contributed by atoms with E-state index in [4.69, 9.17) is 9.47 Å². The number of hydrogen-bond donors (Lipinski definition) is 0. The Balaban J connectivity index is 2.21. The zero-order valence-corrected chi connectivity index (χ0v) is 13.7. The molecule has 116 valence electrons. The highest BCUT2D eigenvalue weighted by atomic mass is 16.6. The van der Waals surface area contributed by atoms with E-state index in [9.17, 15) is 4.79 Å². The second-order valence-corrected chi connectivity index (χ2v) is 7.49. The lowest BCUT2D eigenvalue weighted by molar-refractivity contribution is -0.180. The molecule has 2 heterocycles. The van der Waals surface area contributed by atoms with Crippen LogP contribution in [0.2, 0.25) is 0 Å². The molecule has 0 spiro atoms. The van der Waals surface area contributed by atoms with Gasteiger partial charge in [-0.2, -0.15) is 0 Å². The molecule has 20 heavy (non-hydrogen) atoms. The molecule has 4 nitrogen and oxygen atoms in total. The standard InChI is InChI=1S/C16H29NO3/c1-7-13(19-6)16-9-11(2)8-12(10-16)17(16)14(18)20-15(3,4)5/h11-13H,7-10H2,1-6H3. The van der Waals surface area contributed by atoms with E-state index in [1.54, 1.807) is 7.11 Å². The molecule has 1 aliphatic carbocycles. The van der Waals surface area contributed by atoms with Crippen LogP contribution in [0.3, 0.4) is 0 Å². The van der Waals surface area contributed by atoms with Gasteiger partial charge in [0.25, 0.3) is 0 Å². The number of amides is 1. The minimum Gasteiger partial charge on any atom is -0.444 e. The maximum Gasteiger partial charge on any atom is 0.411 e. The number of rotatable bonds is 3. The van der Waals surface area contributed by atoms with Crippen molar-refractivity contribution in [1.29, 1.82) is 0 Å². The van der Waals surface area contributed by atoms with Gasteiger partial charge < -0.3 is 9.47 Å². The van der Waals surface area contributed by atoms with Crippen LogP contribution in [0.1, 0.15) is 60.3 Å². The summed E-state index contributed by atoms with van der Waals surface area (Å²) in [4.78, 5) is 14.5. The van der Waals surface area contributed by atoms with E-state index in [0.29, 0.717) is 12.0 Å².